The molecular formula is C31H28N4O5S2. The zero-order valence-electron chi connectivity index (χ0n) is 23.0. The summed E-state index contributed by atoms with van der Waals surface area (Å²) in [5, 5.41) is 0. The molecule has 2 heterocycles. The van der Waals surface area contributed by atoms with Crippen LogP contribution in [0, 0.1) is 0 Å². The maximum Gasteiger partial charge on any atom is 0.329 e. The van der Waals surface area contributed by atoms with Crippen LogP contribution in [0.3, 0.4) is 0 Å². The normalized spacial score (nSPS) is 12.3. The molecule has 4 aromatic carbocycles. The molecule has 42 heavy (non-hydrogen) atoms. The molecule has 214 valence electrons. The highest BCUT2D eigenvalue weighted by molar-refractivity contribution is 7.91. The average molecular weight is 601 g/mol. The maximum absolute atomic E-state index is 13.9. The van der Waals surface area contributed by atoms with E-state index in [-0.39, 0.29) is 28.6 Å². The lowest BCUT2D eigenvalue weighted by Crippen LogP contribution is -2.26. The third kappa shape index (κ3) is 5.28. The Morgan fingerprint density at radius 3 is 1.48 bits per heavy atom. The molecule has 2 aromatic heterocycles. The summed E-state index contributed by atoms with van der Waals surface area (Å²) >= 11 is 0. The number of nitrogens with zero attached hydrogens (tertiary/aromatic N) is 4. The van der Waals surface area contributed by atoms with E-state index in [0.29, 0.717) is 12.4 Å². The first-order valence-corrected chi connectivity index (χ1v) is 17.0. The van der Waals surface area contributed by atoms with E-state index in [1.54, 1.807) is 57.7 Å². The molecule has 0 saturated carbocycles. The van der Waals surface area contributed by atoms with Gasteiger partial charge < -0.3 is 4.57 Å². The molecule has 0 N–H and O–H groups in total. The van der Waals surface area contributed by atoms with Crippen LogP contribution >= 0.6 is 0 Å². The van der Waals surface area contributed by atoms with Gasteiger partial charge in [-0.2, -0.15) is 0 Å². The highest BCUT2D eigenvalue weighted by Crippen LogP contribution is 2.22. The Bertz CT molecular complexity index is 2230. The summed E-state index contributed by atoms with van der Waals surface area (Å²) in [4.78, 5) is 19.2. The molecular weight excluding hydrogens is 572 g/mol. The van der Waals surface area contributed by atoms with Crippen molar-refractivity contribution in [1.29, 1.82) is 0 Å². The topological polar surface area (TPSA) is 113 Å². The summed E-state index contributed by atoms with van der Waals surface area (Å²) in [6, 6.07) is 28.7. The largest absolute Gasteiger partial charge is 0.329 e. The van der Waals surface area contributed by atoms with Crippen LogP contribution < -0.4 is 5.69 Å². The van der Waals surface area contributed by atoms with Crippen molar-refractivity contribution < 1.29 is 16.8 Å². The van der Waals surface area contributed by atoms with Crippen LogP contribution in [0.5, 0.6) is 0 Å². The van der Waals surface area contributed by atoms with Crippen molar-refractivity contribution >= 4 is 41.7 Å². The van der Waals surface area contributed by atoms with Crippen LogP contribution in [-0.4, -0.2) is 48.0 Å². The number of aromatic nitrogens is 4. The third-order valence-electron chi connectivity index (χ3n) is 7.34. The first-order chi connectivity index (χ1) is 20.0. The quantitative estimate of drug-likeness (QED) is 0.260. The summed E-state index contributed by atoms with van der Waals surface area (Å²) in [6.45, 7) is 0.939. The number of benzene rings is 4. The van der Waals surface area contributed by atoms with Crippen molar-refractivity contribution in [3.8, 4) is 0 Å². The van der Waals surface area contributed by atoms with Crippen LogP contribution in [-0.2, 0) is 39.3 Å². The minimum atomic E-state index is -3.32. The molecule has 9 nitrogen and oxygen atoms in total. The molecule has 0 radical (unpaired) electrons. The second kappa shape index (κ2) is 10.4. The fourth-order valence-electron chi connectivity index (χ4n) is 5.19. The molecule has 0 fully saturated rings. The fourth-order valence-corrected chi connectivity index (χ4v) is 6.45. The molecule has 11 heteroatoms. The van der Waals surface area contributed by atoms with Crippen molar-refractivity contribution in [3.63, 3.8) is 0 Å². The van der Waals surface area contributed by atoms with Gasteiger partial charge in [0.2, 0.25) is 0 Å². The first-order valence-electron chi connectivity index (χ1n) is 13.2. The Kier molecular flexibility index (Phi) is 6.86. The maximum atomic E-state index is 13.9. The third-order valence-corrected chi connectivity index (χ3v) is 9.60. The number of sulfone groups is 2. The van der Waals surface area contributed by atoms with Crippen LogP contribution in [0.2, 0.25) is 0 Å². The van der Waals surface area contributed by atoms with Gasteiger partial charge in [-0.15, -0.1) is 0 Å². The van der Waals surface area contributed by atoms with Crippen LogP contribution in [0.25, 0.3) is 22.1 Å². The van der Waals surface area contributed by atoms with E-state index < -0.39 is 19.7 Å². The Morgan fingerprint density at radius 1 is 0.548 bits per heavy atom. The number of hydrogen-bond acceptors (Lipinski definition) is 6. The minimum Gasteiger partial charge on any atom is -0.322 e. The molecule has 0 bridgehead atoms. The highest BCUT2D eigenvalue weighted by Gasteiger charge is 2.18. The average Bonchev–Trinajstić information content (AvgIpc) is 3.43. The Hall–Kier alpha value is -4.48. The van der Waals surface area contributed by atoms with Gasteiger partial charge in [0.25, 0.3) is 0 Å². The van der Waals surface area contributed by atoms with Gasteiger partial charge in [0.05, 0.1) is 44.9 Å². The van der Waals surface area contributed by atoms with Gasteiger partial charge in [0.15, 0.2) is 19.7 Å². The van der Waals surface area contributed by atoms with E-state index in [9.17, 15) is 21.6 Å². The van der Waals surface area contributed by atoms with Gasteiger partial charge >= 0.3 is 5.69 Å². The van der Waals surface area contributed by atoms with E-state index >= 15 is 0 Å². The molecule has 0 amide bonds. The lowest BCUT2D eigenvalue weighted by Gasteiger charge is -2.11. The molecule has 0 aliphatic rings. The summed E-state index contributed by atoms with van der Waals surface area (Å²) in [7, 11) is -6.63. The molecule has 0 unspecified atom stereocenters. The lowest BCUT2D eigenvalue weighted by molar-refractivity contribution is 0.600. The number of para-hydroxylation sites is 4. The van der Waals surface area contributed by atoms with E-state index in [0.717, 1.165) is 39.4 Å². The van der Waals surface area contributed by atoms with Gasteiger partial charge in [-0.05, 0) is 59.7 Å². The predicted molar refractivity (Wildman–Crippen MR) is 162 cm³/mol. The lowest BCUT2D eigenvalue weighted by atomic mass is 10.2. The van der Waals surface area contributed by atoms with Crippen LogP contribution in [0.1, 0.15) is 17.0 Å². The Morgan fingerprint density at radius 2 is 0.976 bits per heavy atom. The molecule has 0 atom stereocenters. The first kappa shape index (κ1) is 27.7. The zero-order chi connectivity index (χ0) is 29.6. The number of rotatable bonds is 8. The van der Waals surface area contributed by atoms with Crippen molar-refractivity contribution in [2.24, 2.45) is 0 Å². The van der Waals surface area contributed by atoms with Crippen molar-refractivity contribution in [1.82, 2.24) is 18.7 Å². The molecule has 0 saturated heterocycles. The van der Waals surface area contributed by atoms with E-state index in [4.69, 9.17) is 4.98 Å². The molecule has 6 rings (SSSR count). The predicted octanol–water partition coefficient (Wildman–Crippen LogP) is 4.10. The summed E-state index contributed by atoms with van der Waals surface area (Å²) in [5.41, 5.74) is 4.71. The van der Waals surface area contributed by atoms with E-state index in [1.165, 1.54) is 6.26 Å². The molecule has 0 aliphatic carbocycles. The van der Waals surface area contributed by atoms with Crippen LogP contribution in [0.15, 0.2) is 112 Å². The van der Waals surface area contributed by atoms with Gasteiger partial charge in [-0.25, -0.2) is 26.6 Å². The SMILES string of the molecule is CS(=O)(=O)c1ccc(Cn2c(Cn3c(=O)n(Cc4ccc(S(C)(=O)=O)cc4)c4ccccc43)nc3ccccc32)cc1. The van der Waals surface area contributed by atoms with E-state index in [1.807, 2.05) is 53.1 Å². The van der Waals surface area contributed by atoms with Crippen molar-refractivity contribution in [2.75, 3.05) is 12.5 Å². The van der Waals surface area contributed by atoms with Crippen molar-refractivity contribution in [3.05, 3.63) is 124 Å². The van der Waals surface area contributed by atoms with Gasteiger partial charge in [0, 0.05) is 19.1 Å². The summed E-state index contributed by atoms with van der Waals surface area (Å²) < 4.78 is 53.1. The summed E-state index contributed by atoms with van der Waals surface area (Å²) in [6.07, 6.45) is 2.35. The Balaban J connectivity index is 1.40. The number of hydrogen-bond donors (Lipinski definition) is 0. The summed E-state index contributed by atoms with van der Waals surface area (Å²) in [5.74, 6) is 0.686. The second-order valence-electron chi connectivity index (χ2n) is 10.4. The minimum absolute atomic E-state index is 0.209. The van der Waals surface area contributed by atoms with Gasteiger partial charge in [0.1, 0.15) is 5.82 Å². The molecule has 0 aliphatic heterocycles. The second-order valence-corrected chi connectivity index (χ2v) is 14.4. The monoisotopic (exact) mass is 600 g/mol. The number of imidazole rings is 2. The standard InChI is InChI=1S/C31H28N4O5S2/c1-41(37,38)24-15-11-22(12-16-24)19-33-27-8-4-3-7-26(27)32-30(33)21-35-29-10-6-5-9-28(29)34(31(35)36)20-23-13-17-25(18-14-23)42(2,39)40/h3-18H,19-21H2,1-2H3. The Labute approximate surface area is 243 Å². The van der Waals surface area contributed by atoms with Gasteiger partial charge in [-0.3, -0.25) is 9.13 Å². The molecule has 0 spiro atoms. The number of fused-ring (bicyclic) bond motifs is 2. The van der Waals surface area contributed by atoms with E-state index in [2.05, 4.69) is 0 Å². The highest BCUT2D eigenvalue weighted by atomic mass is 32.2. The van der Waals surface area contributed by atoms with Crippen LogP contribution in [0.4, 0.5) is 0 Å². The zero-order valence-corrected chi connectivity index (χ0v) is 24.6. The fraction of sp³-hybridized carbons (Fsp3) is 0.161. The molecule has 6 aromatic rings. The van der Waals surface area contributed by atoms with Gasteiger partial charge in [-0.1, -0.05) is 48.5 Å². The smallest absolute Gasteiger partial charge is 0.322 e. The van der Waals surface area contributed by atoms with Crippen molar-refractivity contribution in [2.45, 2.75) is 29.4 Å².